The second-order valence-electron chi connectivity index (χ2n) is 16.5. The molecule has 0 saturated carbocycles. The zero-order chi connectivity index (χ0) is 46.0. The van der Waals surface area contributed by atoms with Crippen molar-refractivity contribution in [3.63, 3.8) is 0 Å². The predicted molar refractivity (Wildman–Crippen MR) is 248 cm³/mol. The van der Waals surface area contributed by atoms with E-state index in [-0.39, 0.29) is 0 Å². The molecule has 332 valence electrons. The molecule has 3 heterocycles. The van der Waals surface area contributed by atoms with E-state index in [1.54, 1.807) is 60.1 Å². The fraction of sp³-hybridized carbons (Fsp3) is 0.500. The summed E-state index contributed by atoms with van der Waals surface area (Å²) in [5.74, 6) is 0. The Bertz CT molecular complexity index is 2010. The third kappa shape index (κ3) is 21.1. The highest BCUT2D eigenvalue weighted by molar-refractivity contribution is 9.10. The summed E-state index contributed by atoms with van der Waals surface area (Å²) in [6, 6.07) is 11.9. The first-order valence-corrected chi connectivity index (χ1v) is 21.2. The van der Waals surface area contributed by atoms with Crippen molar-refractivity contribution >= 4 is 77.8 Å². The summed E-state index contributed by atoms with van der Waals surface area (Å²) in [5, 5.41) is 13.0. The number of nitrogens with zero attached hydrogens (tertiary/aromatic N) is 6. The number of hydrogen-bond acceptors (Lipinski definition) is 12. The Hall–Kier alpha value is -4.54. The zero-order valence-corrected chi connectivity index (χ0v) is 41.4. The SMILES string of the molecule is CC(C)(C)OC(=O)OC(=O)OC(C)(C)C.CCN(CC)CC.CN(C)c1ccncc1.Cc1cc2[nH]ncc2cc1Br.Cc1cc2c(cnn2C(=O)OC(C)(C)C)cc1Br. The Morgan fingerprint density at radius 2 is 1.17 bits per heavy atom. The van der Waals surface area contributed by atoms with Crippen LogP contribution in [0.4, 0.5) is 20.1 Å². The molecule has 5 rings (SSSR count). The van der Waals surface area contributed by atoms with E-state index >= 15 is 0 Å². The van der Waals surface area contributed by atoms with Crippen LogP contribution in [0.2, 0.25) is 0 Å². The summed E-state index contributed by atoms with van der Waals surface area (Å²) in [4.78, 5) is 42.3. The summed E-state index contributed by atoms with van der Waals surface area (Å²) in [7, 11) is 4.02. The van der Waals surface area contributed by atoms with Gasteiger partial charge in [0.15, 0.2) is 0 Å². The van der Waals surface area contributed by atoms with Gasteiger partial charge in [-0.2, -0.15) is 14.9 Å². The average molecular weight is 964 g/mol. The Balaban J connectivity index is 0.000000389. The van der Waals surface area contributed by atoms with Crippen molar-refractivity contribution in [2.45, 2.75) is 114 Å². The van der Waals surface area contributed by atoms with Crippen LogP contribution in [0.15, 0.2) is 70.1 Å². The Morgan fingerprint density at radius 3 is 1.58 bits per heavy atom. The van der Waals surface area contributed by atoms with Crippen molar-refractivity contribution in [3.8, 4) is 0 Å². The van der Waals surface area contributed by atoms with Crippen LogP contribution in [-0.4, -0.2) is 98.8 Å². The molecule has 0 radical (unpaired) electrons. The largest absolute Gasteiger partial charge is 0.519 e. The van der Waals surface area contributed by atoms with Crippen molar-refractivity contribution in [1.29, 1.82) is 0 Å². The van der Waals surface area contributed by atoms with Gasteiger partial charge in [0.05, 0.1) is 23.4 Å². The van der Waals surface area contributed by atoms with Gasteiger partial charge in [0.2, 0.25) is 0 Å². The molecule has 1 N–H and O–H groups in total. The van der Waals surface area contributed by atoms with E-state index in [1.165, 1.54) is 35.6 Å². The van der Waals surface area contributed by atoms with Crippen LogP contribution in [0.1, 0.15) is 94.2 Å². The molecule has 2 aromatic carbocycles. The summed E-state index contributed by atoms with van der Waals surface area (Å²) < 4.78 is 22.5. The number of aryl methyl sites for hydroxylation is 2. The van der Waals surface area contributed by atoms with Crippen molar-refractivity contribution in [2.24, 2.45) is 0 Å². The van der Waals surface area contributed by atoms with Crippen LogP contribution < -0.4 is 4.90 Å². The van der Waals surface area contributed by atoms with E-state index in [2.05, 4.69) is 102 Å². The lowest BCUT2D eigenvalue weighted by Crippen LogP contribution is -2.29. The van der Waals surface area contributed by atoms with E-state index in [4.69, 9.17) is 14.2 Å². The third-order valence-corrected chi connectivity index (χ3v) is 9.31. The standard InChI is InChI=1S/C13H15BrN2O2.C10H18O5.C8H7BrN2.C7H10N2.C6H15N/c1-8-5-11-9(6-10(8)14)7-15-16(11)12(17)18-13(2,3)4;1-9(2,3)14-7(11)13-8(12)15-10(4,5)6;1-5-2-8-6(3-7(5)9)4-10-11-8;1-9(2)7-3-5-8-6-4-7;1-4-7(5-2)6-3/h5-7H,1-4H3;1-6H3;2-4H,1H3,(H,10,11);3-6H,1-2H3;4-6H2,1-3H3. The van der Waals surface area contributed by atoms with E-state index in [0.29, 0.717) is 0 Å². The molecule has 0 bridgehead atoms. The molecule has 16 heteroatoms. The number of rotatable bonds is 4. The van der Waals surface area contributed by atoms with E-state index in [9.17, 15) is 14.4 Å². The maximum atomic E-state index is 12.0. The van der Waals surface area contributed by atoms with Crippen molar-refractivity contribution in [1.82, 2.24) is 29.9 Å². The number of ether oxygens (including phenoxy) is 4. The number of H-pyrrole nitrogens is 1. The van der Waals surface area contributed by atoms with Gasteiger partial charge in [0.25, 0.3) is 0 Å². The first-order valence-electron chi connectivity index (χ1n) is 19.6. The summed E-state index contributed by atoms with van der Waals surface area (Å²) in [6.07, 6.45) is 4.47. The molecule has 0 unspecified atom stereocenters. The van der Waals surface area contributed by atoms with Crippen LogP contribution in [0, 0.1) is 13.8 Å². The van der Waals surface area contributed by atoms with Gasteiger partial charge in [-0.3, -0.25) is 10.1 Å². The molecule has 60 heavy (non-hydrogen) atoms. The predicted octanol–water partition coefficient (Wildman–Crippen LogP) is 11.9. The number of carbonyl (C=O) groups excluding carboxylic acids is 3. The van der Waals surface area contributed by atoms with E-state index < -0.39 is 35.2 Å². The van der Waals surface area contributed by atoms with Crippen molar-refractivity contribution in [2.75, 3.05) is 38.6 Å². The highest BCUT2D eigenvalue weighted by atomic mass is 79.9. The second kappa shape index (κ2) is 24.7. The van der Waals surface area contributed by atoms with Gasteiger partial charge < -0.3 is 28.7 Å². The highest BCUT2D eigenvalue weighted by Crippen LogP contribution is 2.25. The van der Waals surface area contributed by atoms with E-state index in [1.807, 2.05) is 77.2 Å². The molecule has 3 aromatic heterocycles. The number of nitrogens with one attached hydrogen (secondary N) is 1. The van der Waals surface area contributed by atoms with Gasteiger partial charge in [-0.25, -0.2) is 14.4 Å². The third-order valence-electron chi connectivity index (χ3n) is 7.60. The summed E-state index contributed by atoms with van der Waals surface area (Å²) in [6.45, 7) is 29.7. The van der Waals surface area contributed by atoms with E-state index in [0.717, 1.165) is 36.3 Å². The number of anilines is 1. The molecule has 14 nitrogen and oxygen atoms in total. The maximum absolute atomic E-state index is 12.0. The lowest BCUT2D eigenvalue weighted by Gasteiger charge is -2.20. The van der Waals surface area contributed by atoms with Crippen LogP contribution in [0.3, 0.4) is 0 Å². The van der Waals surface area contributed by atoms with Gasteiger partial charge >= 0.3 is 18.4 Å². The minimum absolute atomic E-state index is 0.459. The molecular weight excluding hydrogens is 898 g/mol. The molecule has 5 aromatic rings. The maximum Gasteiger partial charge on any atom is 0.519 e. The smallest absolute Gasteiger partial charge is 0.442 e. The van der Waals surface area contributed by atoms with Gasteiger partial charge in [0, 0.05) is 51.9 Å². The van der Waals surface area contributed by atoms with Crippen LogP contribution in [-0.2, 0) is 18.9 Å². The monoisotopic (exact) mass is 961 g/mol. The van der Waals surface area contributed by atoms with Crippen LogP contribution >= 0.6 is 31.9 Å². The zero-order valence-electron chi connectivity index (χ0n) is 38.2. The molecule has 0 amide bonds. The van der Waals surface area contributed by atoms with Crippen molar-refractivity contribution in [3.05, 3.63) is 81.3 Å². The number of aromatic nitrogens is 5. The molecule has 0 aliphatic heterocycles. The lowest BCUT2D eigenvalue weighted by molar-refractivity contribution is -0.0294. The molecule has 0 fully saturated rings. The number of hydrogen-bond donors (Lipinski definition) is 1. The second-order valence-corrected chi connectivity index (χ2v) is 18.2. The Kier molecular flexibility index (Phi) is 22.0. The van der Waals surface area contributed by atoms with Crippen LogP contribution in [0.5, 0.6) is 0 Å². The van der Waals surface area contributed by atoms with Gasteiger partial charge in [-0.05, 0) is 143 Å². The summed E-state index contributed by atoms with van der Waals surface area (Å²) >= 11 is 6.92. The number of fused-ring (bicyclic) bond motifs is 2. The Morgan fingerprint density at radius 1 is 0.700 bits per heavy atom. The first kappa shape index (κ1) is 53.5. The molecule has 0 spiro atoms. The summed E-state index contributed by atoms with van der Waals surface area (Å²) in [5.41, 5.74) is 3.38. The topological polar surface area (TPSA) is 154 Å². The molecular formula is C44H65Br2N7O7. The number of benzene rings is 2. The first-order chi connectivity index (χ1) is 27.7. The normalized spacial score (nSPS) is 11.1. The highest BCUT2D eigenvalue weighted by Gasteiger charge is 2.24. The fourth-order valence-electron chi connectivity index (χ4n) is 4.60. The van der Waals surface area contributed by atoms with Crippen LogP contribution in [0.25, 0.3) is 21.8 Å². The number of aromatic amines is 1. The van der Waals surface area contributed by atoms with Gasteiger partial charge in [0.1, 0.15) is 16.8 Å². The number of pyridine rings is 1. The number of halogens is 2. The molecule has 0 saturated heterocycles. The Labute approximate surface area is 372 Å². The molecule has 0 aliphatic carbocycles. The van der Waals surface area contributed by atoms with Gasteiger partial charge in [-0.15, -0.1) is 0 Å². The fourth-order valence-corrected chi connectivity index (χ4v) is 5.32. The minimum atomic E-state index is -1.06. The minimum Gasteiger partial charge on any atom is -0.442 e. The van der Waals surface area contributed by atoms with Gasteiger partial charge in [-0.1, -0.05) is 52.6 Å². The lowest BCUT2D eigenvalue weighted by atomic mass is 10.2. The average Bonchev–Trinajstić information content (AvgIpc) is 3.75. The quantitative estimate of drug-likeness (QED) is 0.104. The van der Waals surface area contributed by atoms with Crippen molar-refractivity contribution < 1.29 is 33.3 Å². The molecule has 0 aliphatic rings. The number of carbonyl (C=O) groups is 3. The molecule has 0 atom stereocenters.